The van der Waals surface area contributed by atoms with Gasteiger partial charge in [-0.3, -0.25) is 4.79 Å². The largest absolute Gasteiger partial charge is 0.506 e. The van der Waals surface area contributed by atoms with Crippen molar-refractivity contribution in [2.24, 2.45) is 0 Å². The number of carbonyl (C=O) groups excluding carboxylic acids is 2. The number of methoxy groups -OCH3 is 1. The van der Waals surface area contributed by atoms with Crippen LogP contribution >= 0.6 is 0 Å². The van der Waals surface area contributed by atoms with E-state index in [-0.39, 0.29) is 5.56 Å². The van der Waals surface area contributed by atoms with Crippen LogP contribution in [0.3, 0.4) is 0 Å². The van der Waals surface area contributed by atoms with E-state index in [1.54, 1.807) is 0 Å². The van der Waals surface area contributed by atoms with Crippen LogP contribution in [0, 0.1) is 5.82 Å². The number of aliphatic hydroxyl groups excluding tert-OH is 1. The molecule has 4 nitrogen and oxygen atoms in total. The summed E-state index contributed by atoms with van der Waals surface area (Å²) in [5.74, 6) is -2.56. The second-order valence-electron chi connectivity index (χ2n) is 3.28. The molecule has 0 radical (unpaired) electrons. The molecule has 0 saturated heterocycles. The summed E-state index contributed by atoms with van der Waals surface area (Å²) in [5.41, 5.74) is -0.291. The lowest BCUT2D eigenvalue weighted by Crippen LogP contribution is -2.14. The Morgan fingerprint density at radius 3 is 2.18 bits per heavy atom. The summed E-state index contributed by atoms with van der Waals surface area (Å²) in [6.07, 6.45) is 0. The zero-order chi connectivity index (χ0) is 13.0. The molecule has 1 rings (SSSR count). The molecule has 1 aromatic rings. The molecule has 1 N–H and O–H groups in total. The van der Waals surface area contributed by atoms with E-state index < -0.39 is 28.9 Å². The standard InChI is InChI=1S/C12H11FO4/c1-7(14)10(12(16)17-2)11(15)8-3-5-9(13)6-4-8/h3-6,15H,1-2H3/b11-10-. The molecule has 0 spiro atoms. The molecule has 0 aromatic heterocycles. The molecule has 0 saturated carbocycles. The van der Waals surface area contributed by atoms with Crippen LogP contribution < -0.4 is 0 Å². The Labute approximate surface area is 97.3 Å². The van der Waals surface area contributed by atoms with Crippen LogP contribution in [0.2, 0.25) is 0 Å². The Balaban J connectivity index is 3.29. The van der Waals surface area contributed by atoms with Crippen molar-refractivity contribution >= 4 is 17.5 Å². The Morgan fingerprint density at radius 1 is 1.24 bits per heavy atom. The van der Waals surface area contributed by atoms with Gasteiger partial charge < -0.3 is 9.84 Å². The summed E-state index contributed by atoms with van der Waals surface area (Å²) in [7, 11) is 1.10. The fourth-order valence-corrected chi connectivity index (χ4v) is 1.26. The van der Waals surface area contributed by atoms with Crippen molar-refractivity contribution in [1.29, 1.82) is 0 Å². The number of hydrogen-bond donors (Lipinski definition) is 1. The molecule has 0 atom stereocenters. The number of hydrogen-bond acceptors (Lipinski definition) is 4. The number of ketones is 1. The minimum Gasteiger partial charge on any atom is -0.506 e. The minimum absolute atomic E-state index is 0.169. The van der Waals surface area contributed by atoms with E-state index in [0.29, 0.717) is 0 Å². The first-order valence-corrected chi connectivity index (χ1v) is 4.75. The van der Waals surface area contributed by atoms with Crippen LogP contribution in [0.1, 0.15) is 12.5 Å². The van der Waals surface area contributed by atoms with Crippen molar-refractivity contribution in [3.8, 4) is 0 Å². The van der Waals surface area contributed by atoms with Crippen molar-refractivity contribution in [3.05, 3.63) is 41.2 Å². The fourth-order valence-electron chi connectivity index (χ4n) is 1.26. The van der Waals surface area contributed by atoms with Gasteiger partial charge in [-0.05, 0) is 31.2 Å². The number of halogens is 1. The highest BCUT2D eigenvalue weighted by molar-refractivity contribution is 6.21. The van der Waals surface area contributed by atoms with E-state index in [4.69, 9.17) is 0 Å². The first-order valence-electron chi connectivity index (χ1n) is 4.75. The van der Waals surface area contributed by atoms with Crippen LogP contribution in [0.4, 0.5) is 4.39 Å². The van der Waals surface area contributed by atoms with E-state index >= 15 is 0 Å². The normalized spacial score (nSPS) is 11.7. The van der Waals surface area contributed by atoms with Crippen LogP contribution in [-0.4, -0.2) is 24.0 Å². The molecule has 0 fully saturated rings. The highest BCUT2D eigenvalue weighted by atomic mass is 19.1. The van der Waals surface area contributed by atoms with Gasteiger partial charge in [0.25, 0.3) is 0 Å². The van der Waals surface area contributed by atoms with Gasteiger partial charge >= 0.3 is 5.97 Å². The van der Waals surface area contributed by atoms with E-state index in [0.717, 1.165) is 26.2 Å². The Hall–Kier alpha value is -2.17. The third-order valence-electron chi connectivity index (χ3n) is 2.10. The van der Waals surface area contributed by atoms with Crippen LogP contribution in [0.25, 0.3) is 5.76 Å². The zero-order valence-electron chi connectivity index (χ0n) is 9.36. The van der Waals surface area contributed by atoms with Gasteiger partial charge in [0.2, 0.25) is 0 Å². The smallest absolute Gasteiger partial charge is 0.345 e. The van der Waals surface area contributed by atoms with Gasteiger partial charge in [-0.2, -0.15) is 0 Å². The molecule has 5 heteroatoms. The monoisotopic (exact) mass is 238 g/mol. The van der Waals surface area contributed by atoms with Crippen molar-refractivity contribution in [2.45, 2.75) is 6.92 Å². The average Bonchev–Trinajstić information content (AvgIpc) is 2.29. The highest BCUT2D eigenvalue weighted by Crippen LogP contribution is 2.18. The molecule has 0 aliphatic carbocycles. The Bertz CT molecular complexity index is 474. The summed E-state index contributed by atoms with van der Waals surface area (Å²) >= 11 is 0. The van der Waals surface area contributed by atoms with Crippen molar-refractivity contribution in [3.63, 3.8) is 0 Å². The Morgan fingerprint density at radius 2 is 1.76 bits per heavy atom. The second kappa shape index (κ2) is 5.25. The lowest BCUT2D eigenvalue weighted by Gasteiger charge is -2.06. The molecule has 0 bridgehead atoms. The number of ether oxygens (including phenoxy) is 1. The number of rotatable bonds is 3. The van der Waals surface area contributed by atoms with Gasteiger partial charge in [0, 0.05) is 5.56 Å². The summed E-state index contributed by atoms with van der Waals surface area (Å²) in [6.45, 7) is 1.13. The maximum atomic E-state index is 12.7. The molecular formula is C12H11FO4. The lowest BCUT2D eigenvalue weighted by molar-refractivity contribution is -0.137. The van der Waals surface area contributed by atoms with Crippen LogP contribution in [0.5, 0.6) is 0 Å². The lowest BCUT2D eigenvalue weighted by atomic mass is 10.1. The van der Waals surface area contributed by atoms with Gasteiger partial charge in [0.1, 0.15) is 17.1 Å². The quantitative estimate of drug-likeness (QED) is 0.287. The summed E-state index contributed by atoms with van der Waals surface area (Å²) in [4.78, 5) is 22.5. The maximum absolute atomic E-state index is 12.7. The van der Waals surface area contributed by atoms with E-state index in [1.165, 1.54) is 12.1 Å². The molecule has 0 aliphatic rings. The first kappa shape index (κ1) is 12.9. The SMILES string of the molecule is COC(=O)/C(C(C)=O)=C(\O)c1ccc(F)cc1. The number of Topliss-reactive ketones (excluding diaryl/α,β-unsaturated/α-hetero) is 1. The van der Waals surface area contributed by atoms with Gasteiger partial charge in [-0.25, -0.2) is 9.18 Å². The third kappa shape index (κ3) is 2.90. The minimum atomic E-state index is -0.931. The number of carbonyl (C=O) groups is 2. The molecule has 90 valence electrons. The fraction of sp³-hybridized carbons (Fsp3) is 0.167. The second-order valence-corrected chi connectivity index (χ2v) is 3.28. The van der Waals surface area contributed by atoms with Crippen LogP contribution in [-0.2, 0) is 14.3 Å². The maximum Gasteiger partial charge on any atom is 0.345 e. The van der Waals surface area contributed by atoms with Gasteiger partial charge in [-0.15, -0.1) is 0 Å². The molecular weight excluding hydrogens is 227 g/mol. The topological polar surface area (TPSA) is 63.6 Å². The number of benzene rings is 1. The van der Waals surface area contributed by atoms with E-state index in [2.05, 4.69) is 4.74 Å². The molecule has 1 aromatic carbocycles. The average molecular weight is 238 g/mol. The number of esters is 1. The summed E-state index contributed by atoms with van der Waals surface area (Å²) < 4.78 is 17.1. The van der Waals surface area contributed by atoms with Crippen molar-refractivity contribution in [2.75, 3.05) is 7.11 Å². The molecule has 17 heavy (non-hydrogen) atoms. The van der Waals surface area contributed by atoms with Crippen molar-refractivity contribution < 1.29 is 23.8 Å². The third-order valence-corrected chi connectivity index (χ3v) is 2.10. The predicted octanol–water partition coefficient (Wildman–Crippen LogP) is 1.86. The molecule has 0 amide bonds. The van der Waals surface area contributed by atoms with Crippen molar-refractivity contribution in [1.82, 2.24) is 0 Å². The van der Waals surface area contributed by atoms with E-state index in [1.807, 2.05) is 0 Å². The van der Waals surface area contributed by atoms with Crippen LogP contribution in [0.15, 0.2) is 29.8 Å². The van der Waals surface area contributed by atoms with E-state index in [9.17, 15) is 19.1 Å². The Kier molecular flexibility index (Phi) is 3.98. The summed E-state index contributed by atoms with van der Waals surface area (Å²) in [6, 6.07) is 4.74. The van der Waals surface area contributed by atoms with Gasteiger partial charge in [0.15, 0.2) is 5.78 Å². The highest BCUT2D eigenvalue weighted by Gasteiger charge is 2.21. The summed E-state index contributed by atoms with van der Waals surface area (Å²) in [5, 5.41) is 9.78. The molecule has 0 heterocycles. The first-order chi connectivity index (χ1) is 7.97. The zero-order valence-corrected chi connectivity index (χ0v) is 9.36. The van der Waals surface area contributed by atoms with Gasteiger partial charge in [0.05, 0.1) is 7.11 Å². The predicted molar refractivity (Wildman–Crippen MR) is 58.6 cm³/mol. The molecule has 0 aliphatic heterocycles. The molecule has 0 unspecified atom stereocenters. The number of aliphatic hydroxyl groups is 1. The van der Waals surface area contributed by atoms with Gasteiger partial charge in [-0.1, -0.05) is 0 Å².